The van der Waals surface area contributed by atoms with Gasteiger partial charge in [-0.25, -0.2) is 8.78 Å². The van der Waals surface area contributed by atoms with Crippen molar-refractivity contribution < 1.29 is 13.5 Å². The fourth-order valence-electron chi connectivity index (χ4n) is 2.87. The van der Waals surface area contributed by atoms with Crippen molar-refractivity contribution in [3.8, 4) is 5.69 Å². The van der Waals surface area contributed by atoms with Gasteiger partial charge in [-0.1, -0.05) is 11.6 Å². The van der Waals surface area contributed by atoms with Crippen molar-refractivity contribution in [2.75, 3.05) is 25.1 Å². The van der Waals surface area contributed by atoms with Crippen LogP contribution in [0.25, 0.3) is 5.69 Å². The molecule has 0 saturated carbocycles. The zero-order valence-electron chi connectivity index (χ0n) is 13.7. The Bertz CT molecular complexity index is 822. The van der Waals surface area contributed by atoms with E-state index >= 15 is 0 Å². The Hall–Kier alpha value is -1.99. The standard InChI is InChI=1S/C17H18ClF2N3O2/c1-22(10-12-4-2-3-7-25-12)15-9-21-23(17(24)16(15)18)14-6-5-11(19)8-13(14)20/h5-6,8-9,12H,2-4,7,10H2,1H3. The monoisotopic (exact) mass is 369 g/mol. The molecule has 8 heteroatoms. The molecule has 2 heterocycles. The number of anilines is 1. The molecule has 0 spiro atoms. The molecule has 5 nitrogen and oxygen atoms in total. The second kappa shape index (κ2) is 7.49. The van der Waals surface area contributed by atoms with Crippen LogP contribution in [-0.2, 0) is 4.74 Å². The van der Waals surface area contributed by atoms with Crippen LogP contribution in [-0.4, -0.2) is 36.1 Å². The van der Waals surface area contributed by atoms with Crippen LogP contribution in [0, 0.1) is 11.6 Å². The van der Waals surface area contributed by atoms with Crippen molar-refractivity contribution >= 4 is 17.3 Å². The Morgan fingerprint density at radius 3 is 2.88 bits per heavy atom. The van der Waals surface area contributed by atoms with E-state index in [-0.39, 0.29) is 16.8 Å². The van der Waals surface area contributed by atoms with E-state index in [1.165, 1.54) is 6.20 Å². The number of halogens is 3. The molecule has 0 aliphatic carbocycles. The van der Waals surface area contributed by atoms with Crippen molar-refractivity contribution in [2.45, 2.75) is 25.4 Å². The Morgan fingerprint density at radius 1 is 1.40 bits per heavy atom. The summed E-state index contributed by atoms with van der Waals surface area (Å²) >= 11 is 6.19. The lowest BCUT2D eigenvalue weighted by atomic mass is 10.1. The topological polar surface area (TPSA) is 47.4 Å². The molecule has 1 unspecified atom stereocenters. The third kappa shape index (κ3) is 3.82. The van der Waals surface area contributed by atoms with Gasteiger partial charge >= 0.3 is 0 Å². The molecule has 3 rings (SSSR count). The normalized spacial score (nSPS) is 17.5. The average molecular weight is 370 g/mol. The molecule has 1 atom stereocenters. The lowest BCUT2D eigenvalue weighted by Crippen LogP contribution is -2.35. The predicted molar refractivity (Wildman–Crippen MR) is 91.6 cm³/mol. The first-order chi connectivity index (χ1) is 12.0. The maximum absolute atomic E-state index is 13.9. The Labute approximate surface area is 148 Å². The van der Waals surface area contributed by atoms with E-state index in [4.69, 9.17) is 16.3 Å². The van der Waals surface area contributed by atoms with Crippen LogP contribution in [0.2, 0.25) is 5.02 Å². The van der Waals surface area contributed by atoms with Gasteiger partial charge in [0.05, 0.1) is 18.0 Å². The first-order valence-corrected chi connectivity index (χ1v) is 8.41. The zero-order chi connectivity index (χ0) is 18.0. The molecule has 25 heavy (non-hydrogen) atoms. The number of likely N-dealkylation sites (N-methyl/N-ethyl adjacent to an activating group) is 1. The van der Waals surface area contributed by atoms with Crippen LogP contribution >= 0.6 is 11.6 Å². The van der Waals surface area contributed by atoms with Gasteiger partial charge in [0.25, 0.3) is 5.56 Å². The molecule has 0 amide bonds. The van der Waals surface area contributed by atoms with E-state index in [2.05, 4.69) is 5.10 Å². The lowest BCUT2D eigenvalue weighted by Gasteiger charge is -2.28. The van der Waals surface area contributed by atoms with Crippen LogP contribution in [0.3, 0.4) is 0 Å². The minimum atomic E-state index is -0.887. The summed E-state index contributed by atoms with van der Waals surface area (Å²) in [6.45, 7) is 1.31. The summed E-state index contributed by atoms with van der Waals surface area (Å²) in [5, 5.41) is 3.92. The largest absolute Gasteiger partial charge is 0.376 e. The molecule has 1 aliphatic heterocycles. The van der Waals surface area contributed by atoms with Crippen molar-refractivity contribution in [3.63, 3.8) is 0 Å². The fraction of sp³-hybridized carbons (Fsp3) is 0.412. The maximum atomic E-state index is 13.9. The van der Waals surface area contributed by atoms with Gasteiger partial charge in [-0.05, 0) is 31.4 Å². The maximum Gasteiger partial charge on any atom is 0.292 e. The first kappa shape index (κ1) is 17.8. The number of hydrogen-bond donors (Lipinski definition) is 0. The van der Waals surface area contributed by atoms with Crippen LogP contribution in [0.5, 0.6) is 0 Å². The van der Waals surface area contributed by atoms with E-state index in [9.17, 15) is 13.6 Å². The van der Waals surface area contributed by atoms with Gasteiger partial charge in [0.1, 0.15) is 16.5 Å². The molecule has 1 aromatic carbocycles. The van der Waals surface area contributed by atoms with Gasteiger partial charge in [-0.2, -0.15) is 9.78 Å². The van der Waals surface area contributed by atoms with Crippen LogP contribution in [0.4, 0.5) is 14.5 Å². The molecule has 1 saturated heterocycles. The van der Waals surface area contributed by atoms with Crippen molar-refractivity contribution in [2.24, 2.45) is 0 Å². The second-order valence-corrected chi connectivity index (χ2v) is 6.40. The van der Waals surface area contributed by atoms with Crippen molar-refractivity contribution in [1.82, 2.24) is 9.78 Å². The molecular weight excluding hydrogens is 352 g/mol. The van der Waals surface area contributed by atoms with Gasteiger partial charge in [-0.3, -0.25) is 4.79 Å². The van der Waals surface area contributed by atoms with Crippen molar-refractivity contribution in [3.05, 3.63) is 51.4 Å². The third-order valence-corrected chi connectivity index (χ3v) is 4.56. The quantitative estimate of drug-likeness (QED) is 0.830. The highest BCUT2D eigenvalue weighted by Gasteiger charge is 2.20. The van der Waals surface area contributed by atoms with Crippen LogP contribution in [0.1, 0.15) is 19.3 Å². The third-order valence-electron chi connectivity index (χ3n) is 4.20. The fourth-order valence-corrected chi connectivity index (χ4v) is 3.14. The highest BCUT2D eigenvalue weighted by molar-refractivity contribution is 6.33. The van der Waals surface area contributed by atoms with E-state index in [0.717, 1.165) is 42.7 Å². The van der Waals surface area contributed by atoms with Gasteiger partial charge < -0.3 is 9.64 Å². The summed E-state index contributed by atoms with van der Waals surface area (Å²) in [7, 11) is 1.79. The molecule has 2 aromatic rings. The zero-order valence-corrected chi connectivity index (χ0v) is 14.5. The Morgan fingerprint density at radius 2 is 2.20 bits per heavy atom. The summed E-state index contributed by atoms with van der Waals surface area (Å²) in [6.07, 6.45) is 4.59. The summed E-state index contributed by atoms with van der Waals surface area (Å²) in [4.78, 5) is 14.3. The number of aromatic nitrogens is 2. The Balaban J connectivity index is 1.88. The number of benzene rings is 1. The van der Waals surface area contributed by atoms with Gasteiger partial charge in [0.15, 0.2) is 5.82 Å². The van der Waals surface area contributed by atoms with Crippen LogP contribution < -0.4 is 10.5 Å². The van der Waals surface area contributed by atoms with Crippen molar-refractivity contribution in [1.29, 1.82) is 0 Å². The molecule has 134 valence electrons. The SMILES string of the molecule is CN(CC1CCCCO1)c1cnn(-c2ccc(F)cc2F)c(=O)c1Cl. The van der Waals surface area contributed by atoms with Gasteiger partial charge in [0.2, 0.25) is 0 Å². The number of ether oxygens (including phenoxy) is 1. The number of rotatable bonds is 4. The molecule has 0 radical (unpaired) electrons. The molecule has 0 N–H and O–H groups in total. The highest BCUT2D eigenvalue weighted by atomic mass is 35.5. The summed E-state index contributed by atoms with van der Waals surface area (Å²) in [5.41, 5.74) is -0.376. The highest BCUT2D eigenvalue weighted by Crippen LogP contribution is 2.23. The average Bonchev–Trinajstić information content (AvgIpc) is 2.59. The molecule has 1 fully saturated rings. The van der Waals surface area contributed by atoms with Crippen LogP contribution in [0.15, 0.2) is 29.2 Å². The Kier molecular flexibility index (Phi) is 5.34. The minimum Gasteiger partial charge on any atom is -0.376 e. The van der Waals surface area contributed by atoms with E-state index in [1.54, 1.807) is 11.9 Å². The molecule has 1 aliphatic rings. The number of nitrogens with zero attached hydrogens (tertiary/aromatic N) is 3. The minimum absolute atomic E-state index is 0.0722. The summed E-state index contributed by atoms with van der Waals surface area (Å²) in [6, 6.07) is 2.90. The summed E-state index contributed by atoms with van der Waals surface area (Å²) < 4.78 is 33.5. The molecular formula is C17H18ClF2N3O2. The van der Waals surface area contributed by atoms with E-state index < -0.39 is 17.2 Å². The smallest absolute Gasteiger partial charge is 0.292 e. The molecule has 0 bridgehead atoms. The lowest BCUT2D eigenvalue weighted by molar-refractivity contribution is 0.0216. The van der Waals surface area contributed by atoms with Gasteiger partial charge in [-0.15, -0.1) is 0 Å². The second-order valence-electron chi connectivity index (χ2n) is 6.03. The molecule has 1 aromatic heterocycles. The van der Waals surface area contributed by atoms with E-state index in [1.807, 2.05) is 0 Å². The van der Waals surface area contributed by atoms with Gasteiger partial charge in [0, 0.05) is 26.3 Å². The number of hydrogen-bond acceptors (Lipinski definition) is 4. The first-order valence-electron chi connectivity index (χ1n) is 8.03. The predicted octanol–water partition coefficient (Wildman–Crippen LogP) is 3.17. The summed E-state index contributed by atoms with van der Waals surface area (Å²) in [5.74, 6) is -1.62. The van der Waals surface area contributed by atoms with E-state index in [0.29, 0.717) is 18.3 Å².